The normalized spacial score (nSPS) is 28.3. The number of fused-ring (bicyclic) bond motifs is 2. The highest BCUT2D eigenvalue weighted by atomic mass is 32.2. The summed E-state index contributed by atoms with van der Waals surface area (Å²) in [5.41, 5.74) is 1.80. The van der Waals surface area contributed by atoms with E-state index in [0.717, 1.165) is 31.4 Å². The summed E-state index contributed by atoms with van der Waals surface area (Å²) in [4.78, 5) is 42.2. The Balaban J connectivity index is 1.41. The fourth-order valence-electron chi connectivity index (χ4n) is 5.57. The van der Waals surface area contributed by atoms with Crippen molar-refractivity contribution < 1.29 is 24.2 Å². The van der Waals surface area contributed by atoms with Crippen LogP contribution < -0.4 is 10.6 Å². The number of carbonyl (C=O) groups is 3. The van der Waals surface area contributed by atoms with Crippen LogP contribution in [0.4, 0.5) is 4.79 Å². The Bertz CT molecular complexity index is 1030. The zero-order chi connectivity index (χ0) is 27.6. The van der Waals surface area contributed by atoms with E-state index in [1.165, 1.54) is 23.1 Å². The summed E-state index contributed by atoms with van der Waals surface area (Å²) in [6.07, 6.45) is 3.40. The lowest BCUT2D eigenvalue weighted by atomic mass is 9.87. The second-order valence-corrected chi connectivity index (χ2v) is 12.9. The van der Waals surface area contributed by atoms with Crippen LogP contribution in [0.2, 0.25) is 0 Å². The molecule has 3 amide bonds. The van der Waals surface area contributed by atoms with E-state index in [-0.39, 0.29) is 23.2 Å². The lowest BCUT2D eigenvalue weighted by molar-refractivity contribution is -0.134. The maximum absolute atomic E-state index is 13.5. The predicted molar refractivity (Wildman–Crippen MR) is 147 cm³/mol. The van der Waals surface area contributed by atoms with Crippen LogP contribution in [-0.2, 0) is 20.7 Å². The number of nitrogens with one attached hydrogen (secondary N) is 2. The van der Waals surface area contributed by atoms with Crippen molar-refractivity contribution in [2.24, 2.45) is 0 Å². The van der Waals surface area contributed by atoms with E-state index in [0.29, 0.717) is 12.8 Å². The van der Waals surface area contributed by atoms with Gasteiger partial charge in [-0.05, 0) is 83.1 Å². The van der Waals surface area contributed by atoms with Gasteiger partial charge in [0.25, 0.3) is 0 Å². The molecule has 1 aliphatic carbocycles. The molecule has 2 aliphatic heterocycles. The maximum Gasteiger partial charge on any atom is 0.410 e. The number of hydrogen-bond donors (Lipinski definition) is 3. The Morgan fingerprint density at radius 1 is 1.13 bits per heavy atom. The molecular formula is C28H42N4O5S. The average molecular weight is 547 g/mol. The quantitative estimate of drug-likeness (QED) is 0.520. The van der Waals surface area contributed by atoms with Gasteiger partial charge < -0.3 is 20.5 Å². The van der Waals surface area contributed by atoms with Crippen molar-refractivity contribution in [1.29, 1.82) is 0 Å². The van der Waals surface area contributed by atoms with Crippen LogP contribution in [0.25, 0.3) is 0 Å². The molecule has 4 rings (SSSR count). The zero-order valence-corrected chi connectivity index (χ0v) is 23.9. The number of aryl methyl sites for hydroxylation is 1. The summed E-state index contributed by atoms with van der Waals surface area (Å²) in [5.74, 6) is 0.313. The molecule has 2 saturated heterocycles. The number of nitrogens with zero attached hydrogens (tertiary/aromatic N) is 2. The van der Waals surface area contributed by atoms with Gasteiger partial charge in [0.2, 0.25) is 11.8 Å². The van der Waals surface area contributed by atoms with Crippen LogP contribution in [0.1, 0.15) is 77.0 Å². The van der Waals surface area contributed by atoms with Crippen molar-refractivity contribution in [3.63, 3.8) is 0 Å². The first-order valence-electron chi connectivity index (χ1n) is 13.7. The van der Waals surface area contributed by atoms with Gasteiger partial charge in [-0.15, -0.1) is 11.8 Å². The molecule has 2 fully saturated rings. The Morgan fingerprint density at radius 2 is 1.87 bits per heavy atom. The standard InChI is InChI=1S/C28H42N4O5S/c1-17(31(5)27(36)37-28(2,3)4)24(33)30-21-15-16-38-23-14-13-22(32(23)26(21)35)25(34)29-20-12-8-10-18-9-6-7-11-19(18)20/h6-7,9,11,17,20-23,26,35H,8,10,12-16H2,1-5H3,(H,29,34)(H,30,33)/t17-,20+,21-,22+,23-,26?/m0/s1. The second-order valence-electron chi connectivity index (χ2n) is 11.6. The Hall–Kier alpha value is -2.30. The van der Waals surface area contributed by atoms with Gasteiger partial charge in [-0.2, -0.15) is 0 Å². The summed E-state index contributed by atoms with van der Waals surface area (Å²) in [5, 5.41) is 17.7. The number of aliphatic hydroxyl groups excluding tert-OH is 1. The largest absolute Gasteiger partial charge is 0.444 e. The second kappa shape index (κ2) is 11.8. The van der Waals surface area contributed by atoms with Crippen molar-refractivity contribution in [1.82, 2.24) is 20.4 Å². The Labute approximate surface area is 230 Å². The van der Waals surface area contributed by atoms with Gasteiger partial charge in [0, 0.05) is 7.05 Å². The monoisotopic (exact) mass is 546 g/mol. The third-order valence-corrected chi connectivity index (χ3v) is 9.08. The lowest BCUT2D eigenvalue weighted by Crippen LogP contribution is -2.59. The molecule has 2 heterocycles. The highest BCUT2D eigenvalue weighted by Gasteiger charge is 2.46. The zero-order valence-electron chi connectivity index (χ0n) is 23.1. The molecule has 3 aliphatic rings. The SMILES string of the molecule is C[C@@H](C(=O)N[C@H]1CCS[C@H]2CC[C@H](C(=O)N[C@@H]3CCCc4ccccc43)N2C1O)N(C)C(=O)OC(C)(C)C. The third kappa shape index (κ3) is 6.46. The van der Waals surface area contributed by atoms with Crippen molar-refractivity contribution in [3.8, 4) is 0 Å². The molecule has 1 unspecified atom stereocenters. The van der Waals surface area contributed by atoms with E-state index < -0.39 is 36.0 Å². The van der Waals surface area contributed by atoms with E-state index in [4.69, 9.17) is 4.74 Å². The van der Waals surface area contributed by atoms with Gasteiger partial charge in [-0.3, -0.25) is 19.4 Å². The van der Waals surface area contributed by atoms with Crippen molar-refractivity contribution in [2.45, 2.75) is 108 Å². The van der Waals surface area contributed by atoms with Gasteiger partial charge in [0.1, 0.15) is 17.9 Å². The van der Waals surface area contributed by atoms with Crippen LogP contribution in [0.15, 0.2) is 24.3 Å². The van der Waals surface area contributed by atoms with Crippen molar-refractivity contribution in [3.05, 3.63) is 35.4 Å². The molecule has 6 atom stereocenters. The Morgan fingerprint density at radius 3 is 2.61 bits per heavy atom. The molecule has 0 spiro atoms. The van der Waals surface area contributed by atoms with Crippen LogP contribution in [0.3, 0.4) is 0 Å². The smallest absolute Gasteiger partial charge is 0.410 e. The molecule has 0 bridgehead atoms. The van der Waals surface area contributed by atoms with Gasteiger partial charge in [-0.25, -0.2) is 4.79 Å². The molecular weight excluding hydrogens is 504 g/mol. The van der Waals surface area contributed by atoms with Crippen LogP contribution in [0, 0.1) is 0 Å². The lowest BCUT2D eigenvalue weighted by Gasteiger charge is -2.36. The van der Waals surface area contributed by atoms with E-state index in [1.54, 1.807) is 39.5 Å². The molecule has 3 N–H and O–H groups in total. The minimum atomic E-state index is -1.00. The maximum atomic E-state index is 13.5. The number of ether oxygens (including phenoxy) is 1. The fraction of sp³-hybridized carbons (Fsp3) is 0.679. The van der Waals surface area contributed by atoms with Gasteiger partial charge >= 0.3 is 6.09 Å². The number of carbonyl (C=O) groups excluding carboxylic acids is 3. The summed E-state index contributed by atoms with van der Waals surface area (Å²) in [6, 6.07) is 6.44. The van der Waals surface area contributed by atoms with Crippen LogP contribution >= 0.6 is 11.8 Å². The van der Waals surface area contributed by atoms with Gasteiger partial charge in [0.05, 0.1) is 23.5 Å². The molecule has 10 heteroatoms. The summed E-state index contributed by atoms with van der Waals surface area (Å²) >= 11 is 1.72. The first-order valence-corrected chi connectivity index (χ1v) is 14.7. The number of aliphatic hydroxyl groups is 1. The summed E-state index contributed by atoms with van der Waals surface area (Å²) in [7, 11) is 1.53. The van der Waals surface area contributed by atoms with Crippen molar-refractivity contribution >= 4 is 29.7 Å². The molecule has 210 valence electrons. The van der Waals surface area contributed by atoms with Crippen molar-refractivity contribution in [2.75, 3.05) is 12.8 Å². The molecule has 9 nitrogen and oxygen atoms in total. The number of hydrogen-bond acceptors (Lipinski definition) is 7. The minimum Gasteiger partial charge on any atom is -0.444 e. The molecule has 1 aromatic carbocycles. The molecule has 0 aromatic heterocycles. The summed E-state index contributed by atoms with van der Waals surface area (Å²) < 4.78 is 5.38. The highest BCUT2D eigenvalue weighted by Crippen LogP contribution is 2.38. The van der Waals surface area contributed by atoms with Gasteiger partial charge in [0.15, 0.2) is 0 Å². The number of benzene rings is 1. The Kier molecular flexibility index (Phi) is 8.94. The highest BCUT2D eigenvalue weighted by molar-refractivity contribution is 7.99. The van der Waals surface area contributed by atoms with E-state index in [2.05, 4.69) is 22.8 Å². The summed E-state index contributed by atoms with van der Waals surface area (Å²) in [6.45, 7) is 6.95. The number of amides is 3. The van der Waals surface area contributed by atoms with Crippen LogP contribution in [-0.4, -0.2) is 80.9 Å². The molecule has 1 aromatic rings. The first-order chi connectivity index (χ1) is 18.0. The minimum absolute atomic E-state index is 0.0168. The average Bonchev–Trinajstić information content (AvgIpc) is 3.23. The molecule has 38 heavy (non-hydrogen) atoms. The van der Waals surface area contributed by atoms with E-state index in [1.807, 2.05) is 17.0 Å². The van der Waals surface area contributed by atoms with Crippen LogP contribution in [0.5, 0.6) is 0 Å². The number of likely N-dealkylation sites (N-methyl/N-ethyl adjacent to an activating group) is 1. The number of thioether (sulfide) groups is 1. The topological polar surface area (TPSA) is 111 Å². The molecule has 0 radical (unpaired) electrons. The van der Waals surface area contributed by atoms with E-state index >= 15 is 0 Å². The fourth-order valence-corrected chi connectivity index (χ4v) is 6.98. The number of rotatable bonds is 5. The third-order valence-electron chi connectivity index (χ3n) is 7.74. The molecule has 0 saturated carbocycles. The van der Waals surface area contributed by atoms with Gasteiger partial charge in [-0.1, -0.05) is 24.3 Å². The first kappa shape index (κ1) is 28.7. The predicted octanol–water partition coefficient (Wildman–Crippen LogP) is 3.17. The van der Waals surface area contributed by atoms with E-state index in [9.17, 15) is 19.5 Å².